The largest absolute Gasteiger partial charge is 0.381 e. The lowest BCUT2D eigenvalue weighted by Gasteiger charge is -2.35. The molecule has 0 aromatic carbocycles. The molecule has 1 saturated heterocycles. The third-order valence-electron chi connectivity index (χ3n) is 3.39. The summed E-state index contributed by atoms with van der Waals surface area (Å²) >= 11 is 3.42. The molecular formula is C12H19BrN4. The van der Waals surface area contributed by atoms with Crippen LogP contribution in [0, 0.1) is 0 Å². The van der Waals surface area contributed by atoms with E-state index in [2.05, 4.69) is 44.9 Å². The zero-order valence-corrected chi connectivity index (χ0v) is 11.9. The lowest BCUT2D eigenvalue weighted by Crippen LogP contribution is -2.39. The van der Waals surface area contributed by atoms with Crippen LogP contribution in [0.2, 0.25) is 0 Å². The molecule has 1 aliphatic heterocycles. The molecule has 0 saturated carbocycles. The van der Waals surface area contributed by atoms with Crippen LogP contribution in [-0.2, 0) is 0 Å². The van der Waals surface area contributed by atoms with Crippen LogP contribution in [0.4, 0.5) is 5.82 Å². The lowest BCUT2D eigenvalue weighted by atomic mass is 9.94. The summed E-state index contributed by atoms with van der Waals surface area (Å²) in [6.07, 6.45) is 2.42. The third-order valence-corrected chi connectivity index (χ3v) is 4.03. The SMILES string of the molecule is CC(C)N1CCCC(c2cc(Br)c(N)nn2)C1. The number of hydrogen-bond acceptors (Lipinski definition) is 4. The number of anilines is 1. The highest BCUT2D eigenvalue weighted by Crippen LogP contribution is 2.28. The van der Waals surface area contributed by atoms with Crippen LogP contribution in [0.1, 0.15) is 38.3 Å². The van der Waals surface area contributed by atoms with E-state index in [1.165, 1.54) is 19.4 Å². The zero-order chi connectivity index (χ0) is 12.4. The van der Waals surface area contributed by atoms with Crippen molar-refractivity contribution in [1.82, 2.24) is 15.1 Å². The number of likely N-dealkylation sites (tertiary alicyclic amines) is 1. The number of nitrogens with zero attached hydrogens (tertiary/aromatic N) is 3. The van der Waals surface area contributed by atoms with Crippen molar-refractivity contribution in [3.05, 3.63) is 16.2 Å². The molecule has 1 fully saturated rings. The fourth-order valence-corrected chi connectivity index (χ4v) is 2.62. The van der Waals surface area contributed by atoms with Crippen molar-refractivity contribution in [2.45, 2.75) is 38.6 Å². The minimum atomic E-state index is 0.463. The molecule has 1 aromatic heterocycles. The van der Waals surface area contributed by atoms with Gasteiger partial charge in [-0.1, -0.05) is 0 Å². The van der Waals surface area contributed by atoms with Gasteiger partial charge in [-0.25, -0.2) is 0 Å². The van der Waals surface area contributed by atoms with Gasteiger partial charge in [0.05, 0.1) is 10.2 Å². The Kier molecular flexibility index (Phi) is 3.99. The van der Waals surface area contributed by atoms with Crippen LogP contribution in [0.5, 0.6) is 0 Å². The van der Waals surface area contributed by atoms with E-state index in [9.17, 15) is 0 Å². The summed E-state index contributed by atoms with van der Waals surface area (Å²) in [5, 5.41) is 8.21. The molecule has 5 heteroatoms. The molecular weight excluding hydrogens is 280 g/mol. The standard InChI is InChI=1S/C12H19BrN4/c1-8(2)17-5-3-4-9(7-17)11-6-10(13)12(14)16-15-11/h6,8-9H,3-5,7H2,1-2H3,(H2,14,16). The van der Waals surface area contributed by atoms with E-state index in [1.54, 1.807) is 0 Å². The van der Waals surface area contributed by atoms with E-state index in [0.717, 1.165) is 16.7 Å². The monoisotopic (exact) mass is 298 g/mol. The second-order valence-corrected chi connectivity index (χ2v) is 5.78. The minimum Gasteiger partial charge on any atom is -0.381 e. The number of hydrogen-bond donors (Lipinski definition) is 1. The van der Waals surface area contributed by atoms with Gasteiger partial charge in [0, 0.05) is 18.5 Å². The molecule has 2 N–H and O–H groups in total. The summed E-state index contributed by atoms with van der Waals surface area (Å²) in [7, 11) is 0. The van der Waals surface area contributed by atoms with E-state index >= 15 is 0 Å². The normalized spacial score (nSPS) is 22.0. The van der Waals surface area contributed by atoms with E-state index < -0.39 is 0 Å². The van der Waals surface area contributed by atoms with E-state index in [1.807, 2.05) is 6.07 Å². The highest BCUT2D eigenvalue weighted by molar-refractivity contribution is 9.10. The molecule has 1 unspecified atom stereocenters. The second-order valence-electron chi connectivity index (χ2n) is 4.93. The van der Waals surface area contributed by atoms with Crippen molar-refractivity contribution >= 4 is 21.7 Å². The number of nitrogen functional groups attached to an aromatic ring is 1. The van der Waals surface area contributed by atoms with Gasteiger partial charge in [-0.3, -0.25) is 0 Å². The van der Waals surface area contributed by atoms with Crippen LogP contribution in [-0.4, -0.2) is 34.2 Å². The Bertz CT molecular complexity index is 394. The molecule has 1 aliphatic rings. The van der Waals surface area contributed by atoms with Crippen LogP contribution in [0.3, 0.4) is 0 Å². The Morgan fingerprint density at radius 3 is 2.88 bits per heavy atom. The average molecular weight is 299 g/mol. The number of piperidine rings is 1. The van der Waals surface area contributed by atoms with Crippen molar-refractivity contribution in [2.24, 2.45) is 0 Å². The maximum atomic E-state index is 5.66. The molecule has 2 rings (SSSR count). The first-order chi connectivity index (χ1) is 8.08. The molecule has 2 heterocycles. The van der Waals surface area contributed by atoms with Gasteiger partial charge in [-0.05, 0) is 55.2 Å². The molecule has 1 aromatic rings. The van der Waals surface area contributed by atoms with Gasteiger partial charge in [-0.2, -0.15) is 5.10 Å². The van der Waals surface area contributed by atoms with Crippen LogP contribution >= 0.6 is 15.9 Å². The second kappa shape index (κ2) is 5.31. The summed E-state index contributed by atoms with van der Waals surface area (Å²) in [5.74, 6) is 0.945. The molecule has 0 aliphatic carbocycles. The Morgan fingerprint density at radius 2 is 2.24 bits per heavy atom. The summed E-state index contributed by atoms with van der Waals surface area (Å²) < 4.78 is 0.851. The molecule has 17 heavy (non-hydrogen) atoms. The minimum absolute atomic E-state index is 0.463. The predicted octanol–water partition coefficient (Wildman–Crippen LogP) is 2.41. The summed E-state index contributed by atoms with van der Waals surface area (Å²) in [4.78, 5) is 2.50. The molecule has 4 nitrogen and oxygen atoms in total. The Balaban J connectivity index is 2.13. The zero-order valence-electron chi connectivity index (χ0n) is 10.4. The van der Waals surface area contributed by atoms with Gasteiger partial charge in [0.25, 0.3) is 0 Å². The van der Waals surface area contributed by atoms with Gasteiger partial charge in [0.1, 0.15) is 0 Å². The third kappa shape index (κ3) is 2.96. The highest BCUT2D eigenvalue weighted by atomic mass is 79.9. The van der Waals surface area contributed by atoms with Gasteiger partial charge < -0.3 is 10.6 Å². The average Bonchev–Trinajstić information content (AvgIpc) is 2.33. The van der Waals surface area contributed by atoms with Crippen molar-refractivity contribution in [3.8, 4) is 0 Å². The maximum Gasteiger partial charge on any atom is 0.160 e. The van der Waals surface area contributed by atoms with Crippen molar-refractivity contribution in [2.75, 3.05) is 18.8 Å². The van der Waals surface area contributed by atoms with Crippen molar-refractivity contribution in [1.29, 1.82) is 0 Å². The first kappa shape index (κ1) is 12.8. The van der Waals surface area contributed by atoms with Crippen molar-refractivity contribution < 1.29 is 0 Å². The summed E-state index contributed by atoms with van der Waals surface area (Å²) in [5.41, 5.74) is 6.72. The summed E-state index contributed by atoms with van der Waals surface area (Å²) in [6.45, 7) is 6.75. The fraction of sp³-hybridized carbons (Fsp3) is 0.667. The molecule has 0 radical (unpaired) electrons. The van der Waals surface area contributed by atoms with Crippen molar-refractivity contribution in [3.63, 3.8) is 0 Å². The van der Waals surface area contributed by atoms with Gasteiger partial charge in [-0.15, -0.1) is 5.10 Å². The van der Waals surface area contributed by atoms with E-state index in [-0.39, 0.29) is 0 Å². The molecule has 0 amide bonds. The van der Waals surface area contributed by atoms with Gasteiger partial charge >= 0.3 is 0 Å². The molecule has 0 spiro atoms. The molecule has 0 bridgehead atoms. The van der Waals surface area contributed by atoms with Crippen LogP contribution in [0.15, 0.2) is 10.5 Å². The number of rotatable bonds is 2. The van der Waals surface area contributed by atoms with E-state index in [0.29, 0.717) is 17.8 Å². The first-order valence-electron chi connectivity index (χ1n) is 6.10. The van der Waals surface area contributed by atoms with Crippen LogP contribution < -0.4 is 5.73 Å². The smallest absolute Gasteiger partial charge is 0.160 e. The highest BCUT2D eigenvalue weighted by Gasteiger charge is 2.24. The fourth-order valence-electron chi connectivity index (χ4n) is 2.31. The predicted molar refractivity (Wildman–Crippen MR) is 72.8 cm³/mol. The van der Waals surface area contributed by atoms with Crippen LogP contribution in [0.25, 0.3) is 0 Å². The Labute approximate surface area is 111 Å². The number of nitrogens with two attached hydrogens (primary N) is 1. The maximum absolute atomic E-state index is 5.66. The van der Waals surface area contributed by atoms with E-state index in [4.69, 9.17) is 5.73 Å². The van der Waals surface area contributed by atoms with Gasteiger partial charge in [0.15, 0.2) is 5.82 Å². The van der Waals surface area contributed by atoms with Gasteiger partial charge in [0.2, 0.25) is 0 Å². The Hall–Kier alpha value is -0.680. The Morgan fingerprint density at radius 1 is 1.47 bits per heavy atom. The molecule has 1 atom stereocenters. The lowest BCUT2D eigenvalue weighted by molar-refractivity contribution is 0.166. The first-order valence-corrected chi connectivity index (χ1v) is 6.90. The topological polar surface area (TPSA) is 55.0 Å². The molecule has 94 valence electrons. The number of aromatic nitrogens is 2. The summed E-state index contributed by atoms with van der Waals surface area (Å²) in [6, 6.07) is 2.61. The quantitative estimate of drug-likeness (QED) is 0.911. The number of halogens is 1.